The summed E-state index contributed by atoms with van der Waals surface area (Å²) < 4.78 is 0. The van der Waals surface area contributed by atoms with E-state index in [0.29, 0.717) is 5.69 Å². The Morgan fingerprint density at radius 3 is 1.97 bits per heavy atom. The van der Waals surface area contributed by atoms with Crippen molar-refractivity contribution in [3.05, 3.63) is 83.9 Å². The topological polar surface area (TPSA) is 86.7 Å². The molecule has 168 valence electrons. The van der Waals surface area contributed by atoms with Crippen LogP contribution in [0.25, 0.3) is 0 Å². The molecule has 0 saturated heterocycles. The molecule has 6 nitrogen and oxygen atoms in total. The first-order valence-electron chi connectivity index (χ1n) is 10.7. The van der Waals surface area contributed by atoms with Crippen molar-refractivity contribution in [2.24, 2.45) is 0 Å². The average molecular weight is 461 g/mol. The number of aliphatic carboxylic acids is 1. The highest BCUT2D eigenvalue weighted by Gasteiger charge is 2.25. The quantitative estimate of drug-likeness (QED) is 0.482. The predicted octanol–water partition coefficient (Wildman–Crippen LogP) is 5.05. The van der Waals surface area contributed by atoms with E-state index in [1.807, 2.05) is 53.4 Å². The van der Waals surface area contributed by atoms with Gasteiger partial charge < -0.3 is 10.4 Å². The van der Waals surface area contributed by atoms with Crippen LogP contribution in [0.5, 0.6) is 0 Å². The fourth-order valence-electron chi connectivity index (χ4n) is 3.84. The Bertz CT molecular complexity index is 1130. The Labute approximate surface area is 196 Å². The van der Waals surface area contributed by atoms with Crippen molar-refractivity contribution in [3.8, 4) is 0 Å². The van der Waals surface area contributed by atoms with Gasteiger partial charge in [-0.3, -0.25) is 19.3 Å². The summed E-state index contributed by atoms with van der Waals surface area (Å²) in [7, 11) is 0. The maximum Gasteiger partial charge on any atom is 0.303 e. The number of carbonyl (C=O) groups is 3. The van der Waals surface area contributed by atoms with E-state index < -0.39 is 5.97 Å². The molecule has 4 rings (SSSR count). The second kappa shape index (κ2) is 10.4. The van der Waals surface area contributed by atoms with E-state index >= 15 is 0 Å². The van der Waals surface area contributed by atoms with Gasteiger partial charge in [-0.15, -0.1) is 11.8 Å². The van der Waals surface area contributed by atoms with Gasteiger partial charge in [-0.1, -0.05) is 36.4 Å². The summed E-state index contributed by atoms with van der Waals surface area (Å²) in [4.78, 5) is 38.5. The lowest BCUT2D eigenvalue weighted by Crippen LogP contribution is -2.28. The van der Waals surface area contributed by atoms with Gasteiger partial charge in [-0.05, 0) is 60.4 Å². The summed E-state index contributed by atoms with van der Waals surface area (Å²) in [5.74, 6) is -1.07. The Morgan fingerprint density at radius 1 is 0.818 bits per heavy atom. The highest BCUT2D eigenvalue weighted by Crippen LogP contribution is 2.36. The van der Waals surface area contributed by atoms with Crippen LogP contribution in [-0.2, 0) is 27.2 Å². The Kier molecular flexibility index (Phi) is 7.10. The molecule has 2 amide bonds. The molecular formula is C26H24N2O4S. The van der Waals surface area contributed by atoms with Crippen LogP contribution in [-0.4, -0.2) is 28.6 Å². The number of carboxylic acid groups (broad SMARTS) is 1. The minimum atomic E-state index is -1.00. The summed E-state index contributed by atoms with van der Waals surface area (Å²) in [5, 5.41) is 11.4. The number of amides is 2. The van der Waals surface area contributed by atoms with Gasteiger partial charge in [0.2, 0.25) is 11.8 Å². The van der Waals surface area contributed by atoms with Gasteiger partial charge in [0.15, 0.2) is 0 Å². The van der Waals surface area contributed by atoms with E-state index in [9.17, 15) is 14.4 Å². The molecule has 1 aliphatic heterocycles. The number of carboxylic acids is 1. The van der Waals surface area contributed by atoms with E-state index in [2.05, 4.69) is 17.4 Å². The first-order chi connectivity index (χ1) is 16.0. The van der Waals surface area contributed by atoms with E-state index in [1.165, 1.54) is 11.8 Å². The second-order valence-corrected chi connectivity index (χ2v) is 8.79. The van der Waals surface area contributed by atoms with Gasteiger partial charge in [0.25, 0.3) is 0 Å². The molecule has 2 N–H and O–H groups in total. The molecule has 1 heterocycles. The smallest absolute Gasteiger partial charge is 0.303 e. The van der Waals surface area contributed by atoms with Crippen LogP contribution in [0.15, 0.2) is 77.7 Å². The molecule has 7 heteroatoms. The zero-order chi connectivity index (χ0) is 23.2. The molecule has 0 spiro atoms. The third kappa shape index (κ3) is 5.62. The lowest BCUT2D eigenvalue weighted by atomic mass is 10.0. The normalized spacial score (nSPS) is 12.3. The molecule has 3 aromatic rings. The lowest BCUT2D eigenvalue weighted by Gasteiger charge is -2.25. The zero-order valence-electron chi connectivity index (χ0n) is 18.0. The minimum absolute atomic E-state index is 0.00727. The van der Waals surface area contributed by atoms with Crippen LogP contribution in [0, 0.1) is 0 Å². The molecule has 0 unspecified atom stereocenters. The van der Waals surface area contributed by atoms with Crippen molar-refractivity contribution in [1.29, 1.82) is 0 Å². The summed E-state index contributed by atoms with van der Waals surface area (Å²) in [6.45, 7) is 0. The van der Waals surface area contributed by atoms with Gasteiger partial charge in [0, 0.05) is 17.0 Å². The van der Waals surface area contributed by atoms with Crippen molar-refractivity contribution in [2.45, 2.75) is 30.6 Å². The Morgan fingerprint density at radius 2 is 1.39 bits per heavy atom. The molecule has 0 fully saturated rings. The summed E-state index contributed by atoms with van der Waals surface area (Å²) in [6, 6.07) is 23.3. The summed E-state index contributed by atoms with van der Waals surface area (Å²) in [6.07, 6.45) is 1.51. The number of carbonyl (C=O) groups excluding carboxylic acids is 2. The first-order valence-corrected chi connectivity index (χ1v) is 11.7. The fraction of sp³-hybridized carbons (Fsp3) is 0.192. The van der Waals surface area contributed by atoms with Crippen molar-refractivity contribution in [1.82, 2.24) is 0 Å². The van der Waals surface area contributed by atoms with E-state index in [4.69, 9.17) is 5.11 Å². The molecule has 0 radical (unpaired) electrons. The van der Waals surface area contributed by atoms with Gasteiger partial charge in [0.05, 0.1) is 23.5 Å². The van der Waals surface area contributed by atoms with Gasteiger partial charge in [-0.25, -0.2) is 0 Å². The van der Waals surface area contributed by atoms with Crippen LogP contribution >= 0.6 is 11.8 Å². The molecule has 0 saturated carbocycles. The number of nitrogens with zero attached hydrogens (tertiary/aromatic N) is 1. The highest BCUT2D eigenvalue weighted by molar-refractivity contribution is 8.00. The van der Waals surface area contributed by atoms with Crippen molar-refractivity contribution in [2.75, 3.05) is 16.0 Å². The number of thioether (sulfide) groups is 1. The predicted molar refractivity (Wildman–Crippen MR) is 130 cm³/mol. The van der Waals surface area contributed by atoms with Crippen molar-refractivity contribution in [3.63, 3.8) is 0 Å². The van der Waals surface area contributed by atoms with Crippen LogP contribution in [0.3, 0.4) is 0 Å². The molecule has 1 aliphatic rings. The van der Waals surface area contributed by atoms with Gasteiger partial charge >= 0.3 is 5.97 Å². The molecule has 3 aromatic carbocycles. The molecule has 0 aromatic heterocycles. The van der Waals surface area contributed by atoms with Gasteiger partial charge in [0.1, 0.15) is 0 Å². The van der Waals surface area contributed by atoms with Crippen LogP contribution in [0.1, 0.15) is 24.0 Å². The molecule has 0 bridgehead atoms. The number of fused-ring (bicyclic) bond motifs is 2. The third-order valence-electron chi connectivity index (χ3n) is 5.44. The summed E-state index contributed by atoms with van der Waals surface area (Å²) in [5.41, 5.74) is 4.79. The fourth-order valence-corrected chi connectivity index (χ4v) is 4.58. The van der Waals surface area contributed by atoms with Crippen LogP contribution in [0.2, 0.25) is 0 Å². The molecule has 0 aliphatic carbocycles. The standard InChI is InChI=1S/C26H24N2O4S/c29-24(15-16-26(31)32)27-20-11-13-21(14-12-20)33-17-25(30)28-22-7-3-1-5-18(22)9-10-19-6-2-4-8-23(19)28/h1-8,11-14H,9-10,15-17H2,(H,27,29)(H,31,32). The number of para-hydroxylation sites is 2. The molecular weight excluding hydrogens is 436 g/mol. The average Bonchev–Trinajstić information content (AvgIpc) is 2.99. The number of anilines is 3. The number of nitrogens with one attached hydrogen (secondary N) is 1. The SMILES string of the molecule is O=C(O)CCC(=O)Nc1ccc(SCC(=O)N2c3ccccc3CCc3ccccc32)cc1. The van der Waals surface area contributed by atoms with Crippen LogP contribution < -0.4 is 10.2 Å². The highest BCUT2D eigenvalue weighted by atomic mass is 32.2. The number of hydrogen-bond acceptors (Lipinski definition) is 4. The van der Waals surface area contributed by atoms with E-state index in [1.54, 1.807) is 12.1 Å². The number of aryl methyl sites for hydroxylation is 2. The van der Waals surface area contributed by atoms with Crippen LogP contribution in [0.4, 0.5) is 17.1 Å². The van der Waals surface area contributed by atoms with Gasteiger partial charge in [-0.2, -0.15) is 0 Å². The second-order valence-electron chi connectivity index (χ2n) is 7.74. The van der Waals surface area contributed by atoms with Crippen molar-refractivity contribution < 1.29 is 19.5 Å². The maximum atomic E-state index is 13.4. The molecule has 33 heavy (non-hydrogen) atoms. The number of hydrogen-bond donors (Lipinski definition) is 2. The monoisotopic (exact) mass is 460 g/mol. The lowest BCUT2D eigenvalue weighted by molar-refractivity contribution is -0.138. The number of benzene rings is 3. The van der Waals surface area contributed by atoms with E-state index in [0.717, 1.165) is 40.2 Å². The Hall–Kier alpha value is -3.58. The third-order valence-corrected chi connectivity index (χ3v) is 6.44. The minimum Gasteiger partial charge on any atom is -0.481 e. The summed E-state index contributed by atoms with van der Waals surface area (Å²) >= 11 is 1.44. The largest absolute Gasteiger partial charge is 0.481 e. The Balaban J connectivity index is 1.44. The molecule has 0 atom stereocenters. The van der Waals surface area contributed by atoms with Crippen molar-refractivity contribution >= 4 is 46.6 Å². The number of rotatable bonds is 7. The first kappa shape index (κ1) is 22.6. The maximum absolute atomic E-state index is 13.4. The zero-order valence-corrected chi connectivity index (χ0v) is 18.8. The van der Waals surface area contributed by atoms with E-state index in [-0.39, 0.29) is 30.4 Å².